The van der Waals surface area contributed by atoms with E-state index in [1.54, 1.807) is 0 Å². The molecule has 49 heavy (non-hydrogen) atoms. The molecular weight excluding hydrogens is 593 g/mol. The Morgan fingerprint density at radius 3 is 1.76 bits per heavy atom. The van der Waals surface area contributed by atoms with E-state index in [9.17, 15) is 0 Å². The summed E-state index contributed by atoms with van der Waals surface area (Å²) in [5.41, 5.74) is 15.2. The molecule has 0 saturated carbocycles. The van der Waals surface area contributed by atoms with E-state index in [0.29, 0.717) is 0 Å². The van der Waals surface area contributed by atoms with Crippen LogP contribution in [0.2, 0.25) is 0 Å². The van der Waals surface area contributed by atoms with Crippen LogP contribution in [0.5, 0.6) is 0 Å². The summed E-state index contributed by atoms with van der Waals surface area (Å²) in [4.78, 5) is 0. The molecule has 0 spiro atoms. The van der Waals surface area contributed by atoms with Crippen molar-refractivity contribution in [3.8, 4) is 22.5 Å². The zero-order chi connectivity index (χ0) is 34.5. The average Bonchev–Trinajstić information content (AvgIpc) is 3.08. The second kappa shape index (κ2) is 11.0. The normalized spacial score (nSPS) is 15.9. The highest BCUT2D eigenvalue weighted by atomic mass is 15.1. The van der Waals surface area contributed by atoms with Crippen molar-refractivity contribution >= 4 is 32.9 Å². The number of allylic oxidation sites excluding steroid dienone is 2. The molecule has 8 rings (SSSR count). The van der Waals surface area contributed by atoms with Crippen molar-refractivity contribution in [2.24, 2.45) is 0 Å². The summed E-state index contributed by atoms with van der Waals surface area (Å²) in [6, 6.07) is 35.2. The predicted octanol–water partition coefficient (Wildman–Crippen LogP) is 11.1. The third-order valence-corrected chi connectivity index (χ3v) is 11.6. The summed E-state index contributed by atoms with van der Waals surface area (Å²) in [6.45, 7) is 21.0. The molecule has 4 aromatic carbocycles. The van der Waals surface area contributed by atoms with Gasteiger partial charge in [-0.2, -0.15) is 9.13 Å². The van der Waals surface area contributed by atoms with Gasteiger partial charge in [-0.05, 0) is 90.2 Å². The predicted molar refractivity (Wildman–Crippen MR) is 207 cm³/mol. The number of benzene rings is 4. The van der Waals surface area contributed by atoms with Gasteiger partial charge in [0.1, 0.15) is 0 Å². The SMILES string of the molecule is CCC(C)(C)c1cc[n+]2c(c1)-c1cc3c(ccc4ccccc43)cc1C/C2=C1/Cc2ccc(C(C)(C)C)cc2-c2cc(C(C)(C)C)cc[n+]21. The molecule has 0 bridgehead atoms. The maximum Gasteiger partial charge on any atom is 0.259 e. The standard InChI is InChI=1S/C47H50N2/c1-10-47(8,9)36-20-22-49-42(28-36)40-29-38-31(16-15-30-13-11-12-14-37(30)38)23-33(40)25-44(49)43-24-32-17-18-34(45(2,3)4)26-39(32)41-27-35(46(5,6)7)19-21-48(41)43/h11-23,26-29H,10,24-25H2,1-9H3/q+2/b44-43+. The summed E-state index contributed by atoms with van der Waals surface area (Å²) in [6.07, 6.45) is 7.57. The Labute approximate surface area is 292 Å². The minimum atomic E-state index is 0.0565. The van der Waals surface area contributed by atoms with E-state index in [-0.39, 0.29) is 16.2 Å². The lowest BCUT2D eigenvalue weighted by Crippen LogP contribution is -2.47. The molecule has 0 unspecified atom stereocenters. The number of hydrogen-bond acceptors (Lipinski definition) is 0. The fourth-order valence-corrected chi connectivity index (χ4v) is 7.91. The van der Waals surface area contributed by atoms with Gasteiger partial charge in [-0.1, -0.05) is 111 Å². The Balaban J connectivity index is 1.41. The van der Waals surface area contributed by atoms with Crippen molar-refractivity contribution in [3.63, 3.8) is 0 Å². The first-order chi connectivity index (χ1) is 23.2. The molecule has 2 nitrogen and oxygen atoms in total. The van der Waals surface area contributed by atoms with Crippen LogP contribution < -0.4 is 9.13 Å². The van der Waals surface area contributed by atoms with Crippen molar-refractivity contribution in [2.45, 2.75) is 97.8 Å². The maximum absolute atomic E-state index is 2.52. The zero-order valence-electron chi connectivity index (χ0n) is 30.8. The van der Waals surface area contributed by atoms with Crippen molar-refractivity contribution in [3.05, 3.63) is 131 Å². The van der Waals surface area contributed by atoms with Gasteiger partial charge in [0.05, 0.1) is 24.0 Å². The van der Waals surface area contributed by atoms with Gasteiger partial charge in [-0.15, -0.1) is 0 Å². The third-order valence-electron chi connectivity index (χ3n) is 11.6. The first-order valence-electron chi connectivity index (χ1n) is 18.2. The fourth-order valence-electron chi connectivity index (χ4n) is 7.91. The molecule has 0 amide bonds. The summed E-state index contributed by atoms with van der Waals surface area (Å²) in [5, 5.41) is 5.25. The Kier molecular flexibility index (Phi) is 7.10. The van der Waals surface area contributed by atoms with Crippen LogP contribution >= 0.6 is 0 Å². The minimum absolute atomic E-state index is 0.0565. The first-order valence-corrected chi connectivity index (χ1v) is 18.2. The van der Waals surface area contributed by atoms with Crippen LogP contribution in [0.25, 0.3) is 55.5 Å². The largest absolute Gasteiger partial charge is 0.259 e. The molecule has 0 aliphatic carbocycles. The van der Waals surface area contributed by atoms with E-state index in [1.165, 1.54) is 83.3 Å². The Morgan fingerprint density at radius 2 is 1.08 bits per heavy atom. The molecule has 0 radical (unpaired) electrons. The monoisotopic (exact) mass is 642 g/mol. The van der Waals surface area contributed by atoms with Gasteiger partial charge < -0.3 is 0 Å². The summed E-state index contributed by atoms with van der Waals surface area (Å²) in [7, 11) is 0. The fraction of sp³-hybridized carbons (Fsp3) is 0.319. The highest BCUT2D eigenvalue weighted by Crippen LogP contribution is 2.41. The topological polar surface area (TPSA) is 7.76 Å². The van der Waals surface area contributed by atoms with E-state index >= 15 is 0 Å². The van der Waals surface area contributed by atoms with Crippen LogP contribution in [0.1, 0.15) is 96.6 Å². The van der Waals surface area contributed by atoms with Gasteiger partial charge >= 0.3 is 0 Å². The van der Waals surface area contributed by atoms with E-state index in [0.717, 1.165) is 19.3 Å². The molecule has 0 N–H and O–H groups in total. The van der Waals surface area contributed by atoms with Gasteiger partial charge in [-0.25, -0.2) is 0 Å². The quantitative estimate of drug-likeness (QED) is 0.131. The van der Waals surface area contributed by atoms with Gasteiger partial charge in [0.15, 0.2) is 12.4 Å². The van der Waals surface area contributed by atoms with Crippen LogP contribution in [-0.4, -0.2) is 0 Å². The molecule has 6 aromatic rings. The number of aromatic nitrogens is 2. The molecule has 4 heterocycles. The molecule has 2 aromatic heterocycles. The van der Waals surface area contributed by atoms with Crippen molar-refractivity contribution in [1.82, 2.24) is 0 Å². The van der Waals surface area contributed by atoms with Crippen LogP contribution in [0, 0.1) is 0 Å². The molecule has 2 heteroatoms. The highest BCUT2D eigenvalue weighted by molar-refractivity contribution is 6.09. The molecule has 0 fully saturated rings. The number of hydrogen-bond donors (Lipinski definition) is 0. The number of nitrogens with zero attached hydrogens (tertiary/aromatic N) is 2. The van der Waals surface area contributed by atoms with E-state index in [1.807, 2.05) is 0 Å². The maximum atomic E-state index is 2.52. The third kappa shape index (κ3) is 5.23. The van der Waals surface area contributed by atoms with E-state index < -0.39 is 0 Å². The van der Waals surface area contributed by atoms with Gasteiger partial charge in [-0.3, -0.25) is 0 Å². The van der Waals surface area contributed by atoms with Crippen LogP contribution in [0.3, 0.4) is 0 Å². The van der Waals surface area contributed by atoms with Gasteiger partial charge in [0.25, 0.3) is 11.4 Å². The number of fused-ring (bicyclic) bond motifs is 9. The number of rotatable bonds is 2. The lowest BCUT2D eigenvalue weighted by Gasteiger charge is -2.27. The number of pyridine rings is 2. The molecule has 2 aliphatic rings. The van der Waals surface area contributed by atoms with Gasteiger partial charge in [0.2, 0.25) is 11.4 Å². The Bertz CT molecular complexity index is 2350. The molecule has 2 aliphatic heterocycles. The average molecular weight is 643 g/mol. The molecule has 246 valence electrons. The Hall–Kier alpha value is -4.56. The van der Waals surface area contributed by atoms with Crippen LogP contribution in [0.4, 0.5) is 0 Å². The summed E-state index contributed by atoms with van der Waals surface area (Å²) in [5.74, 6) is 0. The zero-order valence-corrected chi connectivity index (χ0v) is 30.8. The first kappa shape index (κ1) is 31.7. The van der Waals surface area contributed by atoms with Crippen molar-refractivity contribution in [2.75, 3.05) is 0 Å². The smallest absolute Gasteiger partial charge is 0.158 e. The Morgan fingerprint density at radius 1 is 0.510 bits per heavy atom. The molecule has 0 saturated heterocycles. The lowest BCUT2D eigenvalue weighted by molar-refractivity contribution is -0.602. The van der Waals surface area contributed by atoms with Crippen molar-refractivity contribution < 1.29 is 9.13 Å². The lowest BCUT2D eigenvalue weighted by atomic mass is 9.80. The van der Waals surface area contributed by atoms with Crippen LogP contribution in [-0.2, 0) is 29.1 Å². The molecule has 0 atom stereocenters. The summed E-state index contributed by atoms with van der Waals surface area (Å²) >= 11 is 0. The molecular formula is C47H50N2+2. The van der Waals surface area contributed by atoms with E-state index in [2.05, 4.69) is 175 Å². The minimum Gasteiger partial charge on any atom is -0.158 e. The van der Waals surface area contributed by atoms with Gasteiger partial charge in [0, 0.05) is 24.3 Å². The second-order valence-corrected chi connectivity index (χ2v) is 17.2. The second-order valence-electron chi connectivity index (χ2n) is 17.2. The van der Waals surface area contributed by atoms with Crippen LogP contribution in [0.15, 0.2) is 103 Å². The van der Waals surface area contributed by atoms with E-state index in [4.69, 9.17) is 0 Å². The summed E-state index contributed by atoms with van der Waals surface area (Å²) < 4.78 is 5.03. The highest BCUT2D eigenvalue weighted by Gasteiger charge is 2.40. The van der Waals surface area contributed by atoms with Crippen molar-refractivity contribution in [1.29, 1.82) is 0 Å².